The topological polar surface area (TPSA) is 29.3 Å². The van der Waals surface area contributed by atoms with Crippen LogP contribution >= 0.6 is 0 Å². The van der Waals surface area contributed by atoms with Crippen LogP contribution in [0, 0.1) is 0 Å². The largest absolute Gasteiger partial charge is 0.328 e. The van der Waals surface area contributed by atoms with Crippen LogP contribution in [-0.2, 0) is 0 Å². The third-order valence-electron chi connectivity index (χ3n) is 3.67. The lowest BCUT2D eigenvalue weighted by molar-refractivity contribution is 0.112. The Kier molecular flexibility index (Phi) is 2.37. The number of rotatable bonds is 2. The van der Waals surface area contributed by atoms with Crippen LogP contribution in [0.2, 0.25) is 0 Å². The van der Waals surface area contributed by atoms with E-state index in [0.29, 0.717) is 6.04 Å². The lowest BCUT2D eigenvalue weighted by Gasteiger charge is -2.38. The van der Waals surface area contributed by atoms with E-state index in [1.165, 1.54) is 38.5 Å². The van der Waals surface area contributed by atoms with E-state index < -0.39 is 0 Å². The molecule has 2 atom stereocenters. The second-order valence-electron chi connectivity index (χ2n) is 4.48. The van der Waals surface area contributed by atoms with Gasteiger partial charge in [0.1, 0.15) is 0 Å². The van der Waals surface area contributed by atoms with Gasteiger partial charge in [0.25, 0.3) is 0 Å². The van der Waals surface area contributed by atoms with Gasteiger partial charge in [0.2, 0.25) is 0 Å². The van der Waals surface area contributed by atoms with E-state index in [4.69, 9.17) is 5.73 Å². The minimum Gasteiger partial charge on any atom is -0.328 e. The summed E-state index contributed by atoms with van der Waals surface area (Å²) in [5, 5.41) is 0. The summed E-state index contributed by atoms with van der Waals surface area (Å²) in [6, 6.07) is 2.17. The molecular formula is C10H20N2. The van der Waals surface area contributed by atoms with Crippen LogP contribution in [0.25, 0.3) is 0 Å². The van der Waals surface area contributed by atoms with Gasteiger partial charge in [-0.05, 0) is 39.2 Å². The standard InChI is InChI=1S/C10H20N2/c1-12(9-3-2-4-9)10-6-5-8(11)7-10/h8-10H,2-7,11H2,1H3. The molecule has 0 aromatic heterocycles. The van der Waals surface area contributed by atoms with Crippen molar-refractivity contribution in [2.45, 2.75) is 56.7 Å². The van der Waals surface area contributed by atoms with Crippen LogP contribution in [0.5, 0.6) is 0 Å². The Labute approximate surface area is 75.1 Å². The molecule has 0 aromatic carbocycles. The van der Waals surface area contributed by atoms with Gasteiger partial charge in [-0.3, -0.25) is 0 Å². The second kappa shape index (κ2) is 3.35. The molecule has 0 amide bonds. The van der Waals surface area contributed by atoms with Crippen molar-refractivity contribution in [3.8, 4) is 0 Å². The summed E-state index contributed by atoms with van der Waals surface area (Å²) in [7, 11) is 2.28. The van der Waals surface area contributed by atoms with Crippen molar-refractivity contribution in [1.29, 1.82) is 0 Å². The Morgan fingerprint density at radius 2 is 1.83 bits per heavy atom. The minimum absolute atomic E-state index is 0.484. The molecule has 2 heteroatoms. The Morgan fingerprint density at radius 3 is 2.25 bits per heavy atom. The molecule has 0 bridgehead atoms. The van der Waals surface area contributed by atoms with Crippen molar-refractivity contribution in [2.75, 3.05) is 7.05 Å². The highest BCUT2D eigenvalue weighted by atomic mass is 15.2. The van der Waals surface area contributed by atoms with Crippen LogP contribution in [0.3, 0.4) is 0 Å². The van der Waals surface area contributed by atoms with Gasteiger partial charge in [0, 0.05) is 18.1 Å². The summed E-state index contributed by atoms with van der Waals surface area (Å²) in [5.41, 5.74) is 5.90. The maximum absolute atomic E-state index is 5.90. The lowest BCUT2D eigenvalue weighted by atomic mass is 9.90. The molecular weight excluding hydrogens is 148 g/mol. The van der Waals surface area contributed by atoms with E-state index in [9.17, 15) is 0 Å². The number of hydrogen-bond donors (Lipinski definition) is 1. The molecule has 0 spiro atoms. The summed E-state index contributed by atoms with van der Waals surface area (Å²) in [5.74, 6) is 0. The number of hydrogen-bond acceptors (Lipinski definition) is 2. The molecule has 2 rings (SSSR count). The van der Waals surface area contributed by atoms with Gasteiger partial charge in [-0.15, -0.1) is 0 Å². The van der Waals surface area contributed by atoms with Crippen molar-refractivity contribution >= 4 is 0 Å². The predicted octanol–water partition coefficient (Wildman–Crippen LogP) is 1.35. The van der Waals surface area contributed by atoms with Crippen LogP contribution < -0.4 is 5.73 Å². The number of nitrogens with zero attached hydrogens (tertiary/aromatic N) is 1. The molecule has 2 saturated carbocycles. The average molecular weight is 168 g/mol. The maximum atomic E-state index is 5.90. The molecule has 0 saturated heterocycles. The third-order valence-corrected chi connectivity index (χ3v) is 3.67. The van der Waals surface area contributed by atoms with Crippen LogP contribution in [-0.4, -0.2) is 30.1 Å². The van der Waals surface area contributed by atoms with Crippen LogP contribution in [0.4, 0.5) is 0 Å². The Morgan fingerprint density at radius 1 is 1.08 bits per heavy atom. The Bertz CT molecular complexity index is 154. The zero-order valence-electron chi connectivity index (χ0n) is 8.00. The van der Waals surface area contributed by atoms with Gasteiger partial charge in [-0.1, -0.05) is 6.42 Å². The van der Waals surface area contributed by atoms with E-state index in [1.807, 2.05) is 0 Å². The van der Waals surface area contributed by atoms with Gasteiger partial charge < -0.3 is 10.6 Å². The predicted molar refractivity (Wildman–Crippen MR) is 51.0 cm³/mol. The Hall–Kier alpha value is -0.0800. The van der Waals surface area contributed by atoms with Gasteiger partial charge in [-0.25, -0.2) is 0 Å². The molecule has 2 aliphatic carbocycles. The molecule has 0 heterocycles. The van der Waals surface area contributed by atoms with Crippen LogP contribution in [0.15, 0.2) is 0 Å². The quantitative estimate of drug-likeness (QED) is 0.674. The molecule has 0 aliphatic heterocycles. The molecule has 70 valence electrons. The van der Waals surface area contributed by atoms with Crippen molar-refractivity contribution < 1.29 is 0 Å². The van der Waals surface area contributed by atoms with E-state index >= 15 is 0 Å². The summed E-state index contributed by atoms with van der Waals surface area (Å²) in [6.07, 6.45) is 8.07. The van der Waals surface area contributed by atoms with Crippen LogP contribution in [0.1, 0.15) is 38.5 Å². The molecule has 2 fully saturated rings. The molecule has 2 N–H and O–H groups in total. The molecule has 12 heavy (non-hydrogen) atoms. The molecule has 2 aliphatic rings. The summed E-state index contributed by atoms with van der Waals surface area (Å²) in [6.45, 7) is 0. The molecule has 0 radical (unpaired) electrons. The van der Waals surface area contributed by atoms with E-state index in [-0.39, 0.29) is 0 Å². The monoisotopic (exact) mass is 168 g/mol. The van der Waals surface area contributed by atoms with Gasteiger partial charge in [-0.2, -0.15) is 0 Å². The van der Waals surface area contributed by atoms with Gasteiger partial charge in [0.05, 0.1) is 0 Å². The van der Waals surface area contributed by atoms with Crippen molar-refractivity contribution in [2.24, 2.45) is 5.73 Å². The van der Waals surface area contributed by atoms with Crippen molar-refractivity contribution in [3.05, 3.63) is 0 Å². The highest BCUT2D eigenvalue weighted by molar-refractivity contribution is 4.89. The lowest BCUT2D eigenvalue weighted by Crippen LogP contribution is -2.43. The minimum atomic E-state index is 0.484. The molecule has 0 aromatic rings. The average Bonchev–Trinajstić information content (AvgIpc) is 2.31. The third kappa shape index (κ3) is 1.50. The van der Waals surface area contributed by atoms with E-state index in [2.05, 4.69) is 11.9 Å². The first kappa shape index (κ1) is 8.52. The number of nitrogens with two attached hydrogens (primary N) is 1. The smallest absolute Gasteiger partial charge is 0.0110 e. The Balaban J connectivity index is 1.83. The SMILES string of the molecule is CN(C1CCC1)C1CCC(N)C1. The maximum Gasteiger partial charge on any atom is 0.0110 e. The summed E-state index contributed by atoms with van der Waals surface area (Å²) in [4.78, 5) is 2.58. The first-order chi connectivity index (χ1) is 5.77. The highest BCUT2D eigenvalue weighted by Gasteiger charge is 2.31. The molecule has 2 nitrogen and oxygen atoms in total. The second-order valence-corrected chi connectivity index (χ2v) is 4.48. The molecule has 2 unspecified atom stereocenters. The van der Waals surface area contributed by atoms with Gasteiger partial charge >= 0.3 is 0 Å². The van der Waals surface area contributed by atoms with E-state index in [0.717, 1.165) is 12.1 Å². The highest BCUT2D eigenvalue weighted by Crippen LogP contribution is 2.30. The first-order valence-electron chi connectivity index (χ1n) is 5.25. The van der Waals surface area contributed by atoms with Crippen molar-refractivity contribution in [1.82, 2.24) is 4.90 Å². The fourth-order valence-corrected chi connectivity index (χ4v) is 2.45. The fraction of sp³-hybridized carbons (Fsp3) is 1.00. The first-order valence-corrected chi connectivity index (χ1v) is 5.25. The van der Waals surface area contributed by atoms with Crippen molar-refractivity contribution in [3.63, 3.8) is 0 Å². The fourth-order valence-electron chi connectivity index (χ4n) is 2.45. The summed E-state index contributed by atoms with van der Waals surface area (Å²) >= 11 is 0. The van der Waals surface area contributed by atoms with E-state index in [1.54, 1.807) is 0 Å². The van der Waals surface area contributed by atoms with Gasteiger partial charge in [0.15, 0.2) is 0 Å². The zero-order chi connectivity index (χ0) is 8.55. The zero-order valence-corrected chi connectivity index (χ0v) is 8.00. The normalized spacial score (nSPS) is 37.2. The summed E-state index contributed by atoms with van der Waals surface area (Å²) < 4.78 is 0.